The van der Waals surface area contributed by atoms with Gasteiger partial charge in [-0.25, -0.2) is 0 Å². The standard InChI is InChI=1S/C8H9O4P.2Na/c1-7(12-13(9,10)11)8-5-3-2-4-6-8;;/h2-6H,1H2,(H2,9,10,11);;/q;2*+1/p-2. The van der Waals surface area contributed by atoms with E-state index in [1.54, 1.807) is 30.3 Å². The van der Waals surface area contributed by atoms with Crippen LogP contribution in [0, 0.1) is 0 Å². The van der Waals surface area contributed by atoms with Crippen LogP contribution < -0.4 is 68.9 Å². The van der Waals surface area contributed by atoms with Crippen molar-refractivity contribution in [3.8, 4) is 0 Å². The quantitative estimate of drug-likeness (QED) is 0.302. The predicted octanol–water partition coefficient (Wildman–Crippen LogP) is -5.49. The Labute approximate surface area is 133 Å². The molecule has 0 bridgehead atoms. The fourth-order valence-corrected chi connectivity index (χ4v) is 1.19. The van der Waals surface area contributed by atoms with E-state index in [1.165, 1.54) is 0 Å². The summed E-state index contributed by atoms with van der Waals surface area (Å²) < 4.78 is 14.3. The van der Waals surface area contributed by atoms with Crippen molar-refractivity contribution in [2.24, 2.45) is 0 Å². The van der Waals surface area contributed by atoms with Gasteiger partial charge in [0.25, 0.3) is 0 Å². The first-order chi connectivity index (χ1) is 5.99. The van der Waals surface area contributed by atoms with Gasteiger partial charge in [-0.15, -0.1) is 0 Å². The molecule has 0 aromatic heterocycles. The van der Waals surface area contributed by atoms with Crippen LogP contribution >= 0.6 is 7.82 Å². The topological polar surface area (TPSA) is 72.4 Å². The molecule has 0 aliphatic rings. The Morgan fingerprint density at radius 2 is 1.67 bits per heavy atom. The molecule has 0 fully saturated rings. The Balaban J connectivity index is 0. The van der Waals surface area contributed by atoms with Gasteiger partial charge >= 0.3 is 59.1 Å². The number of hydrogen-bond acceptors (Lipinski definition) is 4. The van der Waals surface area contributed by atoms with Gasteiger partial charge in [-0.3, -0.25) is 0 Å². The van der Waals surface area contributed by atoms with Crippen LogP contribution in [0.4, 0.5) is 0 Å². The Hall–Kier alpha value is 0.910. The van der Waals surface area contributed by atoms with Crippen LogP contribution in [0.2, 0.25) is 0 Å². The Bertz CT molecular complexity index is 349. The third-order valence-electron chi connectivity index (χ3n) is 1.32. The molecule has 0 heterocycles. The molecular formula is C8H7Na2O4P. The van der Waals surface area contributed by atoms with E-state index in [4.69, 9.17) is 0 Å². The van der Waals surface area contributed by atoms with E-state index in [9.17, 15) is 14.4 Å². The van der Waals surface area contributed by atoms with Crippen LogP contribution in [-0.2, 0) is 9.09 Å². The molecule has 0 radical (unpaired) electrons. The van der Waals surface area contributed by atoms with E-state index in [1.807, 2.05) is 0 Å². The van der Waals surface area contributed by atoms with Crippen molar-refractivity contribution in [1.29, 1.82) is 0 Å². The van der Waals surface area contributed by atoms with E-state index in [-0.39, 0.29) is 64.9 Å². The minimum atomic E-state index is -4.99. The van der Waals surface area contributed by atoms with E-state index >= 15 is 0 Å². The fourth-order valence-electron chi connectivity index (χ4n) is 0.812. The molecule has 4 nitrogen and oxygen atoms in total. The van der Waals surface area contributed by atoms with Gasteiger partial charge in [0.1, 0.15) is 13.6 Å². The van der Waals surface area contributed by atoms with Crippen molar-refractivity contribution in [2.75, 3.05) is 0 Å². The molecule has 15 heavy (non-hydrogen) atoms. The number of rotatable bonds is 3. The van der Waals surface area contributed by atoms with Crippen molar-refractivity contribution in [3.05, 3.63) is 42.5 Å². The summed E-state index contributed by atoms with van der Waals surface area (Å²) in [6.45, 7) is 3.32. The molecule has 1 rings (SSSR count). The minimum Gasteiger partial charge on any atom is -0.780 e. The van der Waals surface area contributed by atoms with Crippen LogP contribution in [0.1, 0.15) is 5.56 Å². The molecule has 1 aromatic rings. The third kappa shape index (κ3) is 7.75. The number of benzene rings is 1. The second-order valence-electron chi connectivity index (χ2n) is 2.33. The minimum absolute atomic E-state index is 0. The van der Waals surface area contributed by atoms with E-state index < -0.39 is 7.82 Å². The Kier molecular flexibility index (Phi) is 9.83. The summed E-state index contributed by atoms with van der Waals surface area (Å²) in [5, 5.41) is 0. The first-order valence-electron chi connectivity index (χ1n) is 3.45. The summed E-state index contributed by atoms with van der Waals surface area (Å²) in [6.07, 6.45) is 0. The van der Waals surface area contributed by atoms with E-state index in [0.717, 1.165) is 0 Å². The molecule has 0 unspecified atom stereocenters. The second kappa shape index (κ2) is 8.07. The van der Waals surface area contributed by atoms with E-state index in [0.29, 0.717) is 5.56 Å². The molecule has 70 valence electrons. The van der Waals surface area contributed by atoms with Crippen LogP contribution in [0.25, 0.3) is 5.76 Å². The molecule has 0 N–H and O–H groups in total. The van der Waals surface area contributed by atoms with Gasteiger partial charge in [-0.1, -0.05) is 36.9 Å². The van der Waals surface area contributed by atoms with Gasteiger partial charge in [0, 0.05) is 5.56 Å². The monoisotopic (exact) mass is 244 g/mol. The predicted molar refractivity (Wildman–Crippen MR) is 44.2 cm³/mol. The first kappa shape index (κ1) is 18.3. The number of phosphoric ester groups is 1. The van der Waals surface area contributed by atoms with Crippen molar-refractivity contribution in [1.82, 2.24) is 0 Å². The van der Waals surface area contributed by atoms with Crippen LogP contribution in [0.3, 0.4) is 0 Å². The Morgan fingerprint density at radius 3 is 2.07 bits per heavy atom. The van der Waals surface area contributed by atoms with Gasteiger partial charge in [0.15, 0.2) is 0 Å². The summed E-state index contributed by atoms with van der Waals surface area (Å²) in [6, 6.07) is 8.32. The number of hydrogen-bond donors (Lipinski definition) is 0. The maximum atomic E-state index is 10.2. The van der Waals surface area contributed by atoms with Gasteiger partial charge < -0.3 is 18.9 Å². The zero-order valence-corrected chi connectivity index (χ0v) is 13.6. The first-order valence-corrected chi connectivity index (χ1v) is 4.91. The molecule has 0 amide bonds. The van der Waals surface area contributed by atoms with Crippen molar-refractivity contribution >= 4 is 13.6 Å². The van der Waals surface area contributed by atoms with Gasteiger partial charge in [0.2, 0.25) is 0 Å². The maximum Gasteiger partial charge on any atom is 1.00 e. The summed E-state index contributed by atoms with van der Waals surface area (Å²) >= 11 is 0. The Morgan fingerprint density at radius 1 is 1.20 bits per heavy atom. The largest absolute Gasteiger partial charge is 1.00 e. The molecule has 0 aliphatic heterocycles. The zero-order chi connectivity index (χ0) is 9.90. The number of phosphoric acid groups is 1. The van der Waals surface area contributed by atoms with Crippen LogP contribution in [-0.4, -0.2) is 0 Å². The molecule has 0 spiro atoms. The summed E-state index contributed by atoms with van der Waals surface area (Å²) in [4.78, 5) is 20.4. The average Bonchev–Trinajstić information content (AvgIpc) is 2.03. The summed E-state index contributed by atoms with van der Waals surface area (Å²) in [7, 11) is -4.99. The third-order valence-corrected chi connectivity index (χ3v) is 1.76. The smallest absolute Gasteiger partial charge is 0.780 e. The fraction of sp³-hybridized carbons (Fsp3) is 0. The molecule has 7 heteroatoms. The molecule has 0 saturated carbocycles. The SMILES string of the molecule is C=C(OP(=O)([O-])[O-])c1ccccc1.[Na+].[Na+]. The molecule has 0 saturated heterocycles. The summed E-state index contributed by atoms with van der Waals surface area (Å²) in [5.74, 6) is -0.158. The second-order valence-corrected chi connectivity index (χ2v) is 3.40. The normalized spacial score (nSPS) is 9.47. The van der Waals surface area contributed by atoms with Gasteiger partial charge in [-0.05, 0) is 0 Å². The van der Waals surface area contributed by atoms with Crippen molar-refractivity contribution in [2.45, 2.75) is 0 Å². The zero-order valence-electron chi connectivity index (χ0n) is 8.67. The van der Waals surface area contributed by atoms with E-state index in [2.05, 4.69) is 11.1 Å². The molecule has 0 atom stereocenters. The summed E-state index contributed by atoms with van der Waals surface area (Å²) in [5.41, 5.74) is 0.467. The van der Waals surface area contributed by atoms with Gasteiger partial charge in [-0.2, -0.15) is 0 Å². The molecule has 0 aliphatic carbocycles. The average molecular weight is 244 g/mol. The van der Waals surface area contributed by atoms with Crippen LogP contribution in [0.15, 0.2) is 36.9 Å². The maximum absolute atomic E-state index is 10.2. The van der Waals surface area contributed by atoms with Crippen molar-refractivity contribution in [3.63, 3.8) is 0 Å². The van der Waals surface area contributed by atoms with Crippen LogP contribution in [0.5, 0.6) is 0 Å². The molecular weight excluding hydrogens is 237 g/mol. The van der Waals surface area contributed by atoms with Gasteiger partial charge in [0.05, 0.1) is 0 Å². The van der Waals surface area contributed by atoms with Crippen molar-refractivity contribution < 1.29 is 78.0 Å². The molecule has 1 aromatic carbocycles.